The second-order valence-electron chi connectivity index (χ2n) is 5.25. The number of rotatable bonds is 5. The lowest BCUT2D eigenvalue weighted by molar-refractivity contribution is -0.124. The Morgan fingerprint density at radius 3 is 2.79 bits per heavy atom. The van der Waals surface area contributed by atoms with Crippen LogP contribution in [0.5, 0.6) is 11.5 Å². The summed E-state index contributed by atoms with van der Waals surface area (Å²) in [6.45, 7) is 2.58. The fraction of sp³-hybridized carbons (Fsp3) is 0.294. The largest absolute Gasteiger partial charge is 0.486 e. The zero-order chi connectivity index (χ0) is 16.9. The van der Waals surface area contributed by atoms with Gasteiger partial charge in [0.05, 0.1) is 6.04 Å². The van der Waals surface area contributed by atoms with E-state index in [1.165, 1.54) is 11.3 Å². The molecule has 24 heavy (non-hydrogen) atoms. The Balaban J connectivity index is 1.53. The van der Waals surface area contributed by atoms with Gasteiger partial charge in [-0.15, -0.1) is 11.3 Å². The van der Waals surface area contributed by atoms with Gasteiger partial charge in [0.15, 0.2) is 18.1 Å². The number of nitrogens with one attached hydrogen (secondary N) is 1. The second-order valence-corrected chi connectivity index (χ2v) is 6.19. The quantitative estimate of drug-likeness (QED) is 0.842. The van der Waals surface area contributed by atoms with Crippen molar-refractivity contribution >= 4 is 23.2 Å². The Bertz CT molecular complexity index is 729. The third kappa shape index (κ3) is 3.86. The van der Waals surface area contributed by atoms with Crippen molar-refractivity contribution in [1.82, 2.24) is 5.32 Å². The average Bonchev–Trinajstić information content (AvgIpc) is 3.14. The van der Waals surface area contributed by atoms with Crippen LogP contribution in [0.25, 0.3) is 0 Å². The van der Waals surface area contributed by atoms with Crippen molar-refractivity contribution in [3.05, 3.63) is 46.2 Å². The van der Waals surface area contributed by atoms with Crippen LogP contribution in [0.15, 0.2) is 35.7 Å². The van der Waals surface area contributed by atoms with Gasteiger partial charge in [-0.1, -0.05) is 12.1 Å². The third-order valence-electron chi connectivity index (χ3n) is 3.50. The fourth-order valence-corrected chi connectivity index (χ4v) is 2.91. The summed E-state index contributed by atoms with van der Waals surface area (Å²) in [5, 5.41) is 4.57. The van der Waals surface area contributed by atoms with Crippen molar-refractivity contribution in [2.75, 3.05) is 19.8 Å². The van der Waals surface area contributed by atoms with Crippen molar-refractivity contribution in [2.45, 2.75) is 13.0 Å². The van der Waals surface area contributed by atoms with E-state index >= 15 is 0 Å². The minimum Gasteiger partial charge on any atom is -0.486 e. The van der Waals surface area contributed by atoms with Crippen LogP contribution in [0.3, 0.4) is 0 Å². The number of ether oxygens (including phenoxy) is 3. The molecule has 0 saturated carbocycles. The molecule has 0 bridgehead atoms. The van der Waals surface area contributed by atoms with E-state index in [-0.39, 0.29) is 18.6 Å². The minimum atomic E-state index is -0.493. The second kappa shape index (κ2) is 7.35. The van der Waals surface area contributed by atoms with E-state index in [1.54, 1.807) is 17.5 Å². The molecule has 7 heteroatoms. The van der Waals surface area contributed by atoms with Crippen LogP contribution in [-0.4, -0.2) is 31.7 Å². The number of fused-ring (bicyclic) bond motifs is 1. The molecule has 126 valence electrons. The molecule has 0 spiro atoms. The molecule has 1 aromatic carbocycles. The molecular weight excluding hydrogens is 330 g/mol. The van der Waals surface area contributed by atoms with Crippen molar-refractivity contribution in [3.8, 4) is 11.5 Å². The van der Waals surface area contributed by atoms with Crippen LogP contribution in [0.2, 0.25) is 0 Å². The van der Waals surface area contributed by atoms with E-state index in [0.29, 0.717) is 29.6 Å². The van der Waals surface area contributed by atoms with Gasteiger partial charge in [0.2, 0.25) is 0 Å². The molecule has 1 N–H and O–H groups in total. The molecule has 1 amide bonds. The topological polar surface area (TPSA) is 73.9 Å². The standard InChI is InChI=1S/C17H17NO5S/c1-11(12-4-5-13-14(9-12)22-7-6-21-13)18-16(19)10-23-17(20)15-3-2-8-24-15/h2-5,8-9,11H,6-7,10H2,1H3,(H,18,19). The van der Waals surface area contributed by atoms with Gasteiger partial charge < -0.3 is 19.5 Å². The van der Waals surface area contributed by atoms with E-state index in [2.05, 4.69) is 5.32 Å². The Hall–Kier alpha value is -2.54. The maximum atomic E-state index is 11.9. The van der Waals surface area contributed by atoms with Gasteiger partial charge in [0.1, 0.15) is 18.1 Å². The highest BCUT2D eigenvalue weighted by molar-refractivity contribution is 7.11. The Morgan fingerprint density at radius 1 is 1.25 bits per heavy atom. The van der Waals surface area contributed by atoms with E-state index in [0.717, 1.165) is 5.56 Å². The lowest BCUT2D eigenvalue weighted by Gasteiger charge is -2.21. The van der Waals surface area contributed by atoms with Gasteiger partial charge in [0.25, 0.3) is 5.91 Å². The predicted molar refractivity (Wildman–Crippen MR) is 88.6 cm³/mol. The van der Waals surface area contributed by atoms with Gasteiger partial charge in [0, 0.05) is 0 Å². The normalized spacial score (nSPS) is 13.9. The van der Waals surface area contributed by atoms with Crippen molar-refractivity contribution < 1.29 is 23.8 Å². The summed E-state index contributed by atoms with van der Waals surface area (Å²) in [4.78, 5) is 24.1. The number of benzene rings is 1. The first-order chi connectivity index (χ1) is 11.6. The highest BCUT2D eigenvalue weighted by Gasteiger charge is 2.17. The Morgan fingerprint density at radius 2 is 2.04 bits per heavy atom. The third-order valence-corrected chi connectivity index (χ3v) is 4.35. The first kappa shape index (κ1) is 16.3. The molecule has 1 aliphatic heterocycles. The fourth-order valence-electron chi connectivity index (χ4n) is 2.29. The van der Waals surface area contributed by atoms with Crippen molar-refractivity contribution in [3.63, 3.8) is 0 Å². The molecule has 1 aliphatic rings. The number of thiophene rings is 1. The number of amides is 1. The van der Waals surface area contributed by atoms with Gasteiger partial charge in [-0.05, 0) is 36.1 Å². The van der Waals surface area contributed by atoms with Crippen LogP contribution < -0.4 is 14.8 Å². The molecular formula is C17H17NO5S. The Kier molecular flexibility index (Phi) is 5.00. The monoisotopic (exact) mass is 347 g/mol. The number of carbonyl (C=O) groups excluding carboxylic acids is 2. The van der Waals surface area contributed by atoms with E-state index in [1.807, 2.05) is 25.1 Å². The lowest BCUT2D eigenvalue weighted by atomic mass is 10.1. The maximum absolute atomic E-state index is 11.9. The van der Waals surface area contributed by atoms with Gasteiger partial charge >= 0.3 is 5.97 Å². The number of esters is 1. The predicted octanol–water partition coefficient (Wildman–Crippen LogP) is 2.55. The average molecular weight is 347 g/mol. The molecule has 1 atom stereocenters. The molecule has 2 aromatic rings. The highest BCUT2D eigenvalue weighted by Crippen LogP contribution is 2.32. The van der Waals surface area contributed by atoms with E-state index in [9.17, 15) is 9.59 Å². The maximum Gasteiger partial charge on any atom is 0.348 e. The van der Waals surface area contributed by atoms with Gasteiger partial charge in [-0.25, -0.2) is 4.79 Å². The SMILES string of the molecule is CC(NC(=O)COC(=O)c1cccs1)c1ccc2c(c1)OCCO2. The first-order valence-corrected chi connectivity index (χ1v) is 8.41. The number of carbonyl (C=O) groups is 2. The molecule has 1 aromatic heterocycles. The van der Waals surface area contributed by atoms with Crippen LogP contribution >= 0.6 is 11.3 Å². The van der Waals surface area contributed by atoms with E-state index in [4.69, 9.17) is 14.2 Å². The molecule has 3 rings (SSSR count). The number of hydrogen-bond acceptors (Lipinski definition) is 6. The smallest absolute Gasteiger partial charge is 0.348 e. The molecule has 1 unspecified atom stereocenters. The zero-order valence-electron chi connectivity index (χ0n) is 13.1. The van der Waals surface area contributed by atoms with E-state index < -0.39 is 5.97 Å². The molecule has 6 nitrogen and oxygen atoms in total. The molecule has 0 fully saturated rings. The lowest BCUT2D eigenvalue weighted by Crippen LogP contribution is -2.31. The van der Waals surface area contributed by atoms with Crippen LogP contribution in [0.1, 0.15) is 28.2 Å². The Labute approximate surface area is 143 Å². The summed E-state index contributed by atoms with van der Waals surface area (Å²) in [5.41, 5.74) is 0.886. The minimum absolute atomic E-state index is 0.242. The number of hydrogen-bond donors (Lipinski definition) is 1. The van der Waals surface area contributed by atoms with Gasteiger partial charge in [-0.3, -0.25) is 4.79 Å². The molecule has 2 heterocycles. The molecule has 0 aliphatic carbocycles. The summed E-state index contributed by atoms with van der Waals surface area (Å²) < 4.78 is 16.0. The zero-order valence-corrected chi connectivity index (χ0v) is 13.9. The van der Waals surface area contributed by atoms with Gasteiger partial charge in [-0.2, -0.15) is 0 Å². The van der Waals surface area contributed by atoms with Crippen molar-refractivity contribution in [2.24, 2.45) is 0 Å². The first-order valence-electron chi connectivity index (χ1n) is 7.53. The van der Waals surface area contributed by atoms with Crippen LogP contribution in [-0.2, 0) is 9.53 Å². The van der Waals surface area contributed by atoms with Crippen molar-refractivity contribution in [1.29, 1.82) is 0 Å². The summed E-state index contributed by atoms with van der Waals surface area (Å²) in [5.74, 6) is 0.520. The van der Waals surface area contributed by atoms with Crippen LogP contribution in [0, 0.1) is 0 Å². The summed E-state index contributed by atoms with van der Waals surface area (Å²) >= 11 is 1.27. The summed E-state index contributed by atoms with van der Waals surface area (Å²) in [6.07, 6.45) is 0. The molecule has 0 saturated heterocycles. The summed E-state index contributed by atoms with van der Waals surface area (Å²) in [7, 11) is 0. The molecule has 0 radical (unpaired) electrons. The van der Waals surface area contributed by atoms with Crippen LogP contribution in [0.4, 0.5) is 0 Å². The summed E-state index contributed by atoms with van der Waals surface area (Å²) in [6, 6.07) is 8.71. The highest BCUT2D eigenvalue weighted by atomic mass is 32.1.